The van der Waals surface area contributed by atoms with Gasteiger partial charge in [-0.05, 0) is 30.3 Å². The van der Waals surface area contributed by atoms with Gasteiger partial charge in [0.1, 0.15) is 0 Å². The van der Waals surface area contributed by atoms with Crippen molar-refractivity contribution in [1.29, 1.82) is 0 Å². The van der Waals surface area contributed by atoms with Crippen molar-refractivity contribution in [2.75, 3.05) is 0 Å². The maximum atomic E-state index is 12.1. The van der Waals surface area contributed by atoms with Gasteiger partial charge in [-0.1, -0.05) is 23.2 Å². The molecule has 0 N–H and O–H groups in total. The molecule has 1 aromatic heterocycles. The predicted octanol–water partition coefficient (Wildman–Crippen LogP) is 3.30. The highest BCUT2D eigenvalue weighted by atomic mass is 35.5. The first-order chi connectivity index (χ1) is 8.13. The molecular weight excluding hydrogens is 261 g/mol. The first-order valence-electron chi connectivity index (χ1n) is 4.76. The minimum atomic E-state index is -0.323. The molecule has 2 aromatic rings. The Morgan fingerprint density at radius 2 is 1.94 bits per heavy atom. The second-order valence-corrected chi connectivity index (χ2v) is 4.17. The Labute approximate surface area is 108 Å². The summed E-state index contributed by atoms with van der Waals surface area (Å²) >= 11 is 11.6. The van der Waals surface area contributed by atoms with Crippen molar-refractivity contribution in [3.05, 3.63) is 57.8 Å². The molecule has 5 heteroatoms. The van der Waals surface area contributed by atoms with Crippen LogP contribution < -0.4 is 0 Å². The molecule has 0 spiro atoms. The van der Waals surface area contributed by atoms with E-state index < -0.39 is 0 Å². The van der Waals surface area contributed by atoms with Crippen molar-refractivity contribution in [3.63, 3.8) is 0 Å². The van der Waals surface area contributed by atoms with Gasteiger partial charge in [0.15, 0.2) is 6.29 Å². The lowest BCUT2D eigenvalue weighted by molar-refractivity contribution is 0.0947. The van der Waals surface area contributed by atoms with Crippen LogP contribution in [0.1, 0.15) is 20.8 Å². The van der Waals surface area contributed by atoms with E-state index in [4.69, 9.17) is 23.2 Å². The highest BCUT2D eigenvalue weighted by Crippen LogP contribution is 2.23. The number of hydrogen-bond donors (Lipinski definition) is 0. The maximum absolute atomic E-state index is 12.1. The van der Waals surface area contributed by atoms with Gasteiger partial charge < -0.3 is 0 Å². The van der Waals surface area contributed by atoms with Crippen LogP contribution in [0.3, 0.4) is 0 Å². The van der Waals surface area contributed by atoms with Gasteiger partial charge in [0.05, 0.1) is 15.7 Å². The summed E-state index contributed by atoms with van der Waals surface area (Å²) in [5.41, 5.74) is 0.666. The van der Waals surface area contributed by atoms with Gasteiger partial charge in [0.2, 0.25) is 0 Å². The molecule has 2 rings (SSSR count). The van der Waals surface area contributed by atoms with Crippen LogP contribution in [0.15, 0.2) is 36.5 Å². The van der Waals surface area contributed by atoms with Crippen molar-refractivity contribution in [2.24, 2.45) is 0 Å². The van der Waals surface area contributed by atoms with Crippen molar-refractivity contribution in [1.82, 2.24) is 4.57 Å². The van der Waals surface area contributed by atoms with Crippen LogP contribution in [0.5, 0.6) is 0 Å². The molecule has 0 radical (unpaired) electrons. The summed E-state index contributed by atoms with van der Waals surface area (Å²) in [5, 5.41) is 0.684. The molecule has 0 bridgehead atoms. The van der Waals surface area contributed by atoms with Crippen LogP contribution in [0.25, 0.3) is 0 Å². The average Bonchev–Trinajstić information content (AvgIpc) is 2.80. The van der Waals surface area contributed by atoms with E-state index in [1.165, 1.54) is 16.8 Å². The van der Waals surface area contributed by atoms with Crippen LogP contribution in [-0.2, 0) is 0 Å². The van der Waals surface area contributed by atoms with Crippen molar-refractivity contribution >= 4 is 35.4 Å². The summed E-state index contributed by atoms with van der Waals surface area (Å²) in [6.45, 7) is 0. The van der Waals surface area contributed by atoms with Crippen molar-refractivity contribution in [2.45, 2.75) is 0 Å². The second kappa shape index (κ2) is 4.73. The minimum absolute atomic E-state index is 0.293. The molecule has 0 aliphatic heterocycles. The number of aldehydes is 1. The van der Waals surface area contributed by atoms with Crippen LogP contribution in [-0.4, -0.2) is 16.8 Å². The van der Waals surface area contributed by atoms with Gasteiger partial charge in [0, 0.05) is 11.8 Å². The topological polar surface area (TPSA) is 39.1 Å². The van der Waals surface area contributed by atoms with Gasteiger partial charge in [0.25, 0.3) is 5.91 Å². The Morgan fingerprint density at radius 1 is 1.18 bits per heavy atom. The molecular formula is C12H7Cl2NO2. The van der Waals surface area contributed by atoms with Crippen molar-refractivity contribution in [3.8, 4) is 0 Å². The molecule has 1 aromatic carbocycles. The summed E-state index contributed by atoms with van der Waals surface area (Å²) in [6, 6.07) is 7.76. The lowest BCUT2D eigenvalue weighted by Crippen LogP contribution is -2.13. The molecule has 17 heavy (non-hydrogen) atoms. The number of halogens is 2. The van der Waals surface area contributed by atoms with E-state index in [0.717, 1.165) is 0 Å². The van der Waals surface area contributed by atoms with Gasteiger partial charge in [-0.2, -0.15) is 0 Å². The number of hydrogen-bond acceptors (Lipinski definition) is 2. The zero-order valence-electron chi connectivity index (χ0n) is 8.56. The molecule has 0 amide bonds. The highest BCUT2D eigenvalue weighted by Gasteiger charge is 2.12. The quantitative estimate of drug-likeness (QED) is 0.784. The van der Waals surface area contributed by atoms with E-state index in [9.17, 15) is 9.59 Å². The fraction of sp³-hybridized carbons (Fsp3) is 0. The first kappa shape index (κ1) is 11.9. The minimum Gasteiger partial charge on any atom is -0.296 e. The Bertz CT molecular complexity index is 590. The van der Waals surface area contributed by atoms with Crippen LogP contribution in [0, 0.1) is 0 Å². The van der Waals surface area contributed by atoms with E-state index in [1.807, 2.05) is 0 Å². The van der Waals surface area contributed by atoms with Crippen LogP contribution in [0.4, 0.5) is 0 Å². The monoisotopic (exact) mass is 267 g/mol. The third kappa shape index (κ3) is 2.25. The Balaban J connectivity index is 2.44. The fourth-order valence-electron chi connectivity index (χ4n) is 1.44. The van der Waals surface area contributed by atoms with E-state index in [1.54, 1.807) is 24.3 Å². The molecule has 0 atom stereocenters. The average molecular weight is 268 g/mol. The van der Waals surface area contributed by atoms with Gasteiger partial charge in [-0.15, -0.1) is 0 Å². The fourth-order valence-corrected chi connectivity index (χ4v) is 1.74. The third-order valence-electron chi connectivity index (χ3n) is 2.29. The van der Waals surface area contributed by atoms with E-state index in [-0.39, 0.29) is 5.91 Å². The van der Waals surface area contributed by atoms with Gasteiger partial charge in [-0.3, -0.25) is 14.2 Å². The Hall–Kier alpha value is -1.58. The third-order valence-corrected chi connectivity index (χ3v) is 3.03. The molecule has 0 saturated carbocycles. The smallest absolute Gasteiger partial charge is 0.262 e. The number of benzene rings is 1. The largest absolute Gasteiger partial charge is 0.296 e. The molecule has 0 saturated heterocycles. The van der Waals surface area contributed by atoms with Crippen molar-refractivity contribution < 1.29 is 9.59 Å². The SMILES string of the molecule is O=Cc1cccn1C(=O)c1ccc(Cl)c(Cl)c1. The van der Waals surface area contributed by atoms with Gasteiger partial charge in [-0.25, -0.2) is 0 Å². The van der Waals surface area contributed by atoms with Crippen LogP contribution >= 0.6 is 23.2 Å². The molecule has 0 unspecified atom stereocenters. The molecule has 1 heterocycles. The number of rotatable bonds is 2. The molecule has 0 aliphatic rings. The lowest BCUT2D eigenvalue weighted by atomic mass is 10.2. The number of nitrogens with zero attached hydrogens (tertiary/aromatic N) is 1. The summed E-state index contributed by atoms with van der Waals surface area (Å²) < 4.78 is 1.26. The molecule has 0 aliphatic carbocycles. The second-order valence-electron chi connectivity index (χ2n) is 3.35. The van der Waals surface area contributed by atoms with E-state index >= 15 is 0 Å². The number of carbonyl (C=O) groups excluding carboxylic acids is 2. The summed E-state index contributed by atoms with van der Waals surface area (Å²) in [6.07, 6.45) is 2.14. The standard InChI is InChI=1S/C12H7Cl2NO2/c13-10-4-3-8(6-11(10)14)12(17)15-5-1-2-9(15)7-16/h1-7H. The maximum Gasteiger partial charge on any atom is 0.262 e. The van der Waals surface area contributed by atoms with Gasteiger partial charge >= 0.3 is 0 Å². The Morgan fingerprint density at radius 3 is 2.59 bits per heavy atom. The van der Waals surface area contributed by atoms with E-state index in [2.05, 4.69) is 0 Å². The highest BCUT2D eigenvalue weighted by molar-refractivity contribution is 6.42. The zero-order chi connectivity index (χ0) is 12.4. The summed E-state index contributed by atoms with van der Waals surface area (Å²) in [4.78, 5) is 22.8. The number of aromatic nitrogens is 1. The van der Waals surface area contributed by atoms with Crippen LogP contribution in [0.2, 0.25) is 10.0 Å². The summed E-state index contributed by atoms with van der Waals surface area (Å²) in [5.74, 6) is -0.323. The zero-order valence-corrected chi connectivity index (χ0v) is 10.1. The normalized spacial score (nSPS) is 10.2. The number of carbonyl (C=O) groups is 2. The molecule has 86 valence electrons. The summed E-state index contributed by atoms with van der Waals surface area (Å²) in [7, 11) is 0. The predicted molar refractivity (Wildman–Crippen MR) is 66.0 cm³/mol. The first-order valence-corrected chi connectivity index (χ1v) is 5.51. The Kier molecular flexibility index (Phi) is 3.31. The molecule has 0 fully saturated rings. The molecule has 3 nitrogen and oxygen atoms in total. The lowest BCUT2D eigenvalue weighted by Gasteiger charge is -2.05. The van der Waals surface area contributed by atoms with E-state index in [0.29, 0.717) is 27.6 Å².